The summed E-state index contributed by atoms with van der Waals surface area (Å²) in [6.45, 7) is 0. The van der Waals surface area contributed by atoms with Crippen molar-refractivity contribution in [3.63, 3.8) is 0 Å². The van der Waals surface area contributed by atoms with E-state index in [0.717, 1.165) is 17.2 Å². The monoisotopic (exact) mass is 211 g/mol. The van der Waals surface area contributed by atoms with Crippen LogP contribution in [0.25, 0.3) is 11.4 Å². The molecule has 6 heteroatoms. The van der Waals surface area contributed by atoms with Crippen LogP contribution in [0.15, 0.2) is 17.0 Å². The van der Waals surface area contributed by atoms with Crippen LogP contribution in [-0.4, -0.2) is 15.3 Å². The predicted molar refractivity (Wildman–Crippen MR) is 51.7 cm³/mol. The summed E-state index contributed by atoms with van der Waals surface area (Å²) < 4.78 is 4.06. The molecule has 0 bridgehead atoms. The van der Waals surface area contributed by atoms with Crippen LogP contribution in [0.5, 0.6) is 0 Å². The lowest BCUT2D eigenvalue weighted by atomic mass is 10.3. The fourth-order valence-electron chi connectivity index (χ4n) is 0.851. The summed E-state index contributed by atoms with van der Waals surface area (Å²) in [6, 6.07) is 1.65. The van der Waals surface area contributed by atoms with Gasteiger partial charge in [0.25, 0.3) is 5.91 Å². The van der Waals surface area contributed by atoms with Crippen LogP contribution < -0.4 is 5.73 Å². The Labute approximate surface area is 82.2 Å². The van der Waals surface area contributed by atoms with Gasteiger partial charge in [0.1, 0.15) is 16.3 Å². The van der Waals surface area contributed by atoms with Gasteiger partial charge >= 0.3 is 0 Å². The molecule has 4 nitrogen and oxygen atoms in total. The van der Waals surface area contributed by atoms with Crippen molar-refractivity contribution in [1.29, 1.82) is 0 Å². The van der Waals surface area contributed by atoms with Gasteiger partial charge in [-0.15, -0.1) is 11.3 Å². The normalized spacial score (nSPS) is 10.2. The lowest BCUT2D eigenvalue weighted by molar-refractivity contribution is 0.100. The molecule has 0 spiro atoms. The van der Waals surface area contributed by atoms with Crippen molar-refractivity contribution < 1.29 is 4.79 Å². The maximum atomic E-state index is 10.8. The number of hydrogen-bond donors (Lipinski definition) is 1. The number of primary amides is 1. The summed E-state index contributed by atoms with van der Waals surface area (Å²) >= 11 is 2.59. The van der Waals surface area contributed by atoms with E-state index in [2.05, 4.69) is 9.36 Å². The standard InChI is InChI=1S/C7H5N3OS2/c8-7(11)6-1-4(10-13-6)5-2-12-3-9-5/h1-3H,(H2,8,11). The Morgan fingerprint density at radius 1 is 1.46 bits per heavy atom. The summed E-state index contributed by atoms with van der Waals surface area (Å²) in [5.74, 6) is -0.445. The number of rotatable bonds is 2. The molecule has 2 N–H and O–H groups in total. The second-order valence-electron chi connectivity index (χ2n) is 2.31. The van der Waals surface area contributed by atoms with E-state index in [1.54, 1.807) is 11.6 Å². The summed E-state index contributed by atoms with van der Waals surface area (Å²) in [7, 11) is 0. The minimum absolute atomic E-state index is 0.445. The molecule has 0 aliphatic heterocycles. The van der Waals surface area contributed by atoms with Crippen LogP contribution in [0, 0.1) is 0 Å². The van der Waals surface area contributed by atoms with Gasteiger partial charge < -0.3 is 5.73 Å². The van der Waals surface area contributed by atoms with Crippen molar-refractivity contribution in [3.05, 3.63) is 21.8 Å². The van der Waals surface area contributed by atoms with E-state index >= 15 is 0 Å². The molecule has 13 heavy (non-hydrogen) atoms. The minimum atomic E-state index is -0.445. The minimum Gasteiger partial charge on any atom is -0.365 e. The molecular formula is C7H5N3OS2. The van der Waals surface area contributed by atoms with Crippen molar-refractivity contribution in [1.82, 2.24) is 9.36 Å². The fourth-order valence-corrected chi connectivity index (χ4v) is 1.99. The molecule has 1 amide bonds. The van der Waals surface area contributed by atoms with Gasteiger partial charge in [-0.3, -0.25) is 4.79 Å². The predicted octanol–water partition coefficient (Wildman–Crippen LogP) is 1.37. The van der Waals surface area contributed by atoms with Gasteiger partial charge in [0.15, 0.2) is 0 Å². The SMILES string of the molecule is NC(=O)c1cc(-c2cscn2)ns1. The number of carbonyl (C=O) groups is 1. The Bertz CT molecular complexity index is 421. The molecule has 2 heterocycles. The molecule has 0 saturated carbocycles. The highest BCUT2D eigenvalue weighted by Gasteiger charge is 2.09. The van der Waals surface area contributed by atoms with E-state index in [-0.39, 0.29) is 0 Å². The van der Waals surface area contributed by atoms with Gasteiger partial charge in [0.2, 0.25) is 0 Å². The van der Waals surface area contributed by atoms with E-state index in [1.165, 1.54) is 11.3 Å². The summed E-state index contributed by atoms with van der Waals surface area (Å²) in [6.07, 6.45) is 0. The molecule has 2 aromatic heterocycles. The van der Waals surface area contributed by atoms with Crippen LogP contribution >= 0.6 is 22.9 Å². The third-order valence-electron chi connectivity index (χ3n) is 1.45. The fraction of sp³-hybridized carbons (Fsp3) is 0. The molecule has 0 aliphatic carbocycles. The number of aromatic nitrogens is 2. The Kier molecular flexibility index (Phi) is 2.07. The molecule has 0 radical (unpaired) electrons. The first-order chi connectivity index (χ1) is 6.27. The Morgan fingerprint density at radius 2 is 2.31 bits per heavy atom. The Morgan fingerprint density at radius 3 is 2.85 bits per heavy atom. The first-order valence-corrected chi connectivity index (χ1v) is 5.14. The average molecular weight is 211 g/mol. The molecule has 0 saturated heterocycles. The van der Waals surface area contributed by atoms with Crippen molar-refractivity contribution in [2.24, 2.45) is 5.73 Å². The average Bonchev–Trinajstić information content (AvgIpc) is 2.75. The first kappa shape index (κ1) is 8.33. The van der Waals surface area contributed by atoms with Crippen LogP contribution in [0.2, 0.25) is 0 Å². The van der Waals surface area contributed by atoms with Crippen LogP contribution in [-0.2, 0) is 0 Å². The molecule has 0 unspecified atom stereocenters. The Hall–Kier alpha value is -1.27. The number of carbonyl (C=O) groups excluding carboxylic acids is 1. The molecule has 0 aromatic carbocycles. The topological polar surface area (TPSA) is 68.9 Å². The van der Waals surface area contributed by atoms with Gasteiger partial charge in [0.05, 0.1) is 5.51 Å². The van der Waals surface area contributed by atoms with Gasteiger partial charge in [-0.2, -0.15) is 4.37 Å². The van der Waals surface area contributed by atoms with E-state index < -0.39 is 5.91 Å². The largest absolute Gasteiger partial charge is 0.365 e. The van der Waals surface area contributed by atoms with Crippen molar-refractivity contribution in [3.8, 4) is 11.4 Å². The lowest BCUT2D eigenvalue weighted by Gasteiger charge is -1.84. The van der Waals surface area contributed by atoms with Gasteiger partial charge in [-0.05, 0) is 17.6 Å². The second kappa shape index (κ2) is 3.23. The molecule has 0 atom stereocenters. The van der Waals surface area contributed by atoms with E-state index in [9.17, 15) is 4.79 Å². The summed E-state index contributed by atoms with van der Waals surface area (Å²) in [4.78, 5) is 15.3. The lowest BCUT2D eigenvalue weighted by Crippen LogP contribution is -2.08. The third kappa shape index (κ3) is 1.58. The second-order valence-corrected chi connectivity index (χ2v) is 3.84. The van der Waals surface area contributed by atoms with Crippen LogP contribution in [0.3, 0.4) is 0 Å². The molecule has 66 valence electrons. The van der Waals surface area contributed by atoms with Crippen LogP contribution in [0.1, 0.15) is 9.67 Å². The number of nitrogens with zero attached hydrogens (tertiary/aromatic N) is 2. The first-order valence-electron chi connectivity index (χ1n) is 3.42. The number of thiazole rings is 1. The number of amides is 1. The molecule has 0 fully saturated rings. The van der Waals surface area contributed by atoms with E-state index in [1.807, 2.05) is 5.38 Å². The zero-order valence-electron chi connectivity index (χ0n) is 6.43. The number of hydrogen-bond acceptors (Lipinski definition) is 5. The summed E-state index contributed by atoms with van der Waals surface area (Å²) in [5.41, 5.74) is 8.31. The molecule has 0 aliphatic rings. The molecule has 2 rings (SSSR count). The van der Waals surface area contributed by atoms with Crippen molar-refractivity contribution in [2.45, 2.75) is 0 Å². The maximum Gasteiger partial charge on any atom is 0.260 e. The smallest absolute Gasteiger partial charge is 0.260 e. The highest BCUT2D eigenvalue weighted by molar-refractivity contribution is 7.08. The van der Waals surface area contributed by atoms with Crippen molar-refractivity contribution in [2.75, 3.05) is 0 Å². The van der Waals surface area contributed by atoms with Crippen molar-refractivity contribution >= 4 is 28.8 Å². The highest BCUT2D eigenvalue weighted by atomic mass is 32.1. The van der Waals surface area contributed by atoms with Crippen LogP contribution in [0.4, 0.5) is 0 Å². The van der Waals surface area contributed by atoms with Gasteiger partial charge in [-0.1, -0.05) is 0 Å². The highest BCUT2D eigenvalue weighted by Crippen LogP contribution is 2.20. The third-order valence-corrected chi connectivity index (χ3v) is 2.84. The maximum absolute atomic E-state index is 10.8. The van der Waals surface area contributed by atoms with Gasteiger partial charge in [0, 0.05) is 5.38 Å². The van der Waals surface area contributed by atoms with E-state index in [0.29, 0.717) is 10.6 Å². The number of nitrogens with two attached hydrogens (primary N) is 1. The summed E-state index contributed by atoms with van der Waals surface area (Å²) in [5, 5.41) is 1.87. The van der Waals surface area contributed by atoms with E-state index in [4.69, 9.17) is 5.73 Å². The zero-order valence-corrected chi connectivity index (χ0v) is 8.06. The van der Waals surface area contributed by atoms with Gasteiger partial charge in [-0.25, -0.2) is 4.98 Å². The zero-order chi connectivity index (χ0) is 9.26. The molecular weight excluding hydrogens is 206 g/mol. The quantitative estimate of drug-likeness (QED) is 0.815. The molecule has 2 aromatic rings. The Balaban J connectivity index is 2.39.